The molecule has 126 valence electrons. The Balaban J connectivity index is 0.000000379. The number of carbonyl (C=O) groups is 2. The molecule has 0 radical (unpaired) electrons. The second-order valence-electron chi connectivity index (χ2n) is 5.06. The lowest BCUT2D eigenvalue weighted by molar-refractivity contribution is -0.140. The van der Waals surface area contributed by atoms with Crippen LogP contribution in [0.2, 0.25) is 0 Å². The molecular weight excluding hydrogens is 296 g/mol. The van der Waals surface area contributed by atoms with Crippen LogP contribution in [0.1, 0.15) is 42.5 Å². The van der Waals surface area contributed by atoms with E-state index in [1.54, 1.807) is 18.4 Å². The van der Waals surface area contributed by atoms with Crippen molar-refractivity contribution in [2.45, 2.75) is 34.6 Å². The fourth-order valence-electron chi connectivity index (χ4n) is 2.03. The van der Waals surface area contributed by atoms with E-state index in [4.69, 9.17) is 4.74 Å². The van der Waals surface area contributed by atoms with Crippen molar-refractivity contribution in [3.8, 4) is 0 Å². The van der Waals surface area contributed by atoms with Crippen molar-refractivity contribution in [1.29, 1.82) is 0 Å². The minimum Gasteiger partial charge on any atom is -0.466 e. The number of hydrogen-bond acceptors (Lipinski definition) is 5. The average Bonchev–Trinajstić information content (AvgIpc) is 2.77. The Kier molecular flexibility index (Phi) is 6.75. The van der Waals surface area contributed by atoms with Crippen LogP contribution in [0, 0.1) is 13.8 Å². The molecular formula is C17H24N2O4. The summed E-state index contributed by atoms with van der Waals surface area (Å²) in [5.41, 5.74) is 4.15. The Morgan fingerprint density at radius 2 is 1.65 bits per heavy atom. The summed E-state index contributed by atoms with van der Waals surface area (Å²) in [5, 5.41) is 0. The van der Waals surface area contributed by atoms with Gasteiger partial charge in [0.2, 0.25) is 5.82 Å². The number of aryl methyl sites for hydroxylation is 3. The maximum absolute atomic E-state index is 11.7. The topological polar surface area (TPSA) is 70.4 Å². The van der Waals surface area contributed by atoms with Gasteiger partial charge in [0.1, 0.15) is 0 Å². The van der Waals surface area contributed by atoms with Gasteiger partial charge >= 0.3 is 11.9 Å². The number of esters is 2. The van der Waals surface area contributed by atoms with Gasteiger partial charge in [0, 0.05) is 14.0 Å². The van der Waals surface area contributed by atoms with Gasteiger partial charge < -0.3 is 14.0 Å². The SMILES string of the molecule is CCOC(=O)c1nc2cc(C)c(C)cc2n1C.CCOC(C)=O. The summed E-state index contributed by atoms with van der Waals surface area (Å²) in [6.07, 6.45) is 0. The Bertz CT molecular complexity index is 704. The van der Waals surface area contributed by atoms with Gasteiger partial charge in [-0.05, 0) is 51.0 Å². The molecule has 6 nitrogen and oxygen atoms in total. The number of hydrogen-bond donors (Lipinski definition) is 0. The summed E-state index contributed by atoms with van der Waals surface area (Å²) >= 11 is 0. The number of carbonyl (C=O) groups excluding carboxylic acids is 2. The fraction of sp³-hybridized carbons (Fsp3) is 0.471. The van der Waals surface area contributed by atoms with Crippen molar-refractivity contribution < 1.29 is 19.1 Å². The molecule has 0 aliphatic rings. The van der Waals surface area contributed by atoms with Crippen molar-refractivity contribution in [1.82, 2.24) is 9.55 Å². The zero-order valence-electron chi connectivity index (χ0n) is 14.6. The Morgan fingerprint density at radius 1 is 1.09 bits per heavy atom. The van der Waals surface area contributed by atoms with Crippen LogP contribution in [0.5, 0.6) is 0 Å². The van der Waals surface area contributed by atoms with Crippen LogP contribution in [0.4, 0.5) is 0 Å². The third-order valence-electron chi connectivity index (χ3n) is 3.30. The van der Waals surface area contributed by atoms with Crippen LogP contribution in [-0.4, -0.2) is 34.7 Å². The molecule has 0 spiro atoms. The third-order valence-corrected chi connectivity index (χ3v) is 3.30. The quantitative estimate of drug-likeness (QED) is 0.813. The monoisotopic (exact) mass is 320 g/mol. The molecule has 0 saturated heterocycles. The van der Waals surface area contributed by atoms with Crippen LogP contribution in [0.3, 0.4) is 0 Å². The number of rotatable bonds is 3. The zero-order valence-corrected chi connectivity index (χ0v) is 14.6. The van der Waals surface area contributed by atoms with Gasteiger partial charge in [-0.3, -0.25) is 4.79 Å². The molecule has 0 amide bonds. The lowest BCUT2D eigenvalue weighted by atomic mass is 10.1. The third kappa shape index (κ3) is 4.81. The highest BCUT2D eigenvalue weighted by molar-refractivity contribution is 5.91. The first-order chi connectivity index (χ1) is 10.8. The van der Waals surface area contributed by atoms with Crippen LogP contribution >= 0.6 is 0 Å². The average molecular weight is 320 g/mol. The predicted molar refractivity (Wildman–Crippen MR) is 88.5 cm³/mol. The molecule has 2 rings (SSSR count). The van der Waals surface area contributed by atoms with Crippen molar-refractivity contribution in [2.24, 2.45) is 7.05 Å². The lowest BCUT2D eigenvalue weighted by Gasteiger charge is -2.02. The largest absolute Gasteiger partial charge is 0.466 e. The number of ether oxygens (including phenoxy) is 2. The maximum atomic E-state index is 11.7. The highest BCUT2D eigenvalue weighted by Crippen LogP contribution is 2.20. The minimum absolute atomic E-state index is 0.211. The van der Waals surface area contributed by atoms with E-state index in [1.165, 1.54) is 18.1 Å². The number of imidazole rings is 1. The van der Waals surface area contributed by atoms with Crippen LogP contribution in [0.15, 0.2) is 12.1 Å². The van der Waals surface area contributed by atoms with Gasteiger partial charge in [0.25, 0.3) is 0 Å². The number of nitrogens with zero attached hydrogens (tertiary/aromatic N) is 2. The molecule has 1 heterocycles. The molecule has 0 fully saturated rings. The fourth-order valence-corrected chi connectivity index (χ4v) is 2.03. The number of aromatic nitrogens is 2. The smallest absolute Gasteiger partial charge is 0.374 e. The summed E-state index contributed by atoms with van der Waals surface area (Å²) in [5.74, 6) is -0.231. The first-order valence-electron chi connectivity index (χ1n) is 7.55. The zero-order chi connectivity index (χ0) is 17.6. The predicted octanol–water partition coefficient (Wildman–Crippen LogP) is 2.94. The second kappa shape index (κ2) is 8.31. The molecule has 0 N–H and O–H groups in total. The van der Waals surface area contributed by atoms with Gasteiger partial charge in [-0.25, -0.2) is 9.78 Å². The van der Waals surface area contributed by atoms with Gasteiger partial charge in [0.15, 0.2) is 0 Å². The first-order valence-corrected chi connectivity index (χ1v) is 7.55. The summed E-state index contributed by atoms with van der Waals surface area (Å²) < 4.78 is 11.2. The van der Waals surface area contributed by atoms with Crippen LogP contribution < -0.4 is 0 Å². The van der Waals surface area contributed by atoms with Gasteiger partial charge in [-0.2, -0.15) is 0 Å². The molecule has 23 heavy (non-hydrogen) atoms. The second-order valence-corrected chi connectivity index (χ2v) is 5.06. The van der Waals surface area contributed by atoms with E-state index < -0.39 is 0 Å². The summed E-state index contributed by atoms with van der Waals surface area (Å²) in [7, 11) is 1.83. The van der Waals surface area contributed by atoms with Crippen molar-refractivity contribution in [3.63, 3.8) is 0 Å². The van der Waals surface area contributed by atoms with Crippen molar-refractivity contribution in [3.05, 3.63) is 29.1 Å². The van der Waals surface area contributed by atoms with Crippen LogP contribution in [0.25, 0.3) is 11.0 Å². The summed E-state index contributed by atoms with van der Waals surface area (Å²) in [6, 6.07) is 4.04. The molecule has 0 bridgehead atoms. The molecule has 2 aromatic rings. The number of fused-ring (bicyclic) bond motifs is 1. The van der Waals surface area contributed by atoms with Crippen molar-refractivity contribution >= 4 is 23.0 Å². The standard InChI is InChI=1S/C13H16N2O2.C4H8O2/c1-5-17-13(16)12-14-10-6-8(2)9(3)7-11(10)15(12)4;1-3-6-4(2)5/h6-7H,5H2,1-4H3;3H2,1-2H3. The van der Waals surface area contributed by atoms with E-state index in [0.717, 1.165) is 11.0 Å². The van der Waals surface area contributed by atoms with E-state index in [-0.39, 0.29) is 11.9 Å². The summed E-state index contributed by atoms with van der Waals surface area (Å²) in [4.78, 5) is 25.8. The molecule has 0 unspecified atom stereocenters. The summed E-state index contributed by atoms with van der Waals surface area (Å²) in [6.45, 7) is 9.88. The van der Waals surface area contributed by atoms with E-state index in [9.17, 15) is 9.59 Å². The molecule has 0 saturated carbocycles. The minimum atomic E-state index is -0.374. The highest BCUT2D eigenvalue weighted by atomic mass is 16.5. The molecule has 0 atom stereocenters. The molecule has 0 aliphatic heterocycles. The Morgan fingerprint density at radius 3 is 2.13 bits per heavy atom. The molecule has 1 aromatic heterocycles. The molecule has 0 aliphatic carbocycles. The maximum Gasteiger partial charge on any atom is 0.374 e. The van der Waals surface area contributed by atoms with E-state index in [0.29, 0.717) is 19.0 Å². The van der Waals surface area contributed by atoms with Gasteiger partial charge in [0.05, 0.1) is 24.2 Å². The van der Waals surface area contributed by atoms with Gasteiger partial charge in [-0.15, -0.1) is 0 Å². The highest BCUT2D eigenvalue weighted by Gasteiger charge is 2.16. The lowest BCUT2D eigenvalue weighted by Crippen LogP contribution is -2.11. The number of benzene rings is 1. The van der Waals surface area contributed by atoms with Crippen molar-refractivity contribution in [2.75, 3.05) is 13.2 Å². The molecule has 1 aromatic carbocycles. The molecule has 6 heteroatoms. The Hall–Kier alpha value is -2.37. The van der Waals surface area contributed by atoms with E-state index in [1.807, 2.05) is 33.0 Å². The van der Waals surface area contributed by atoms with Crippen LogP contribution in [-0.2, 0) is 21.3 Å². The first kappa shape index (κ1) is 18.7. The Labute approximate surface area is 136 Å². The van der Waals surface area contributed by atoms with E-state index in [2.05, 4.69) is 9.72 Å². The van der Waals surface area contributed by atoms with E-state index >= 15 is 0 Å². The normalized spacial score (nSPS) is 10.0. The van der Waals surface area contributed by atoms with Gasteiger partial charge in [-0.1, -0.05) is 0 Å².